The summed E-state index contributed by atoms with van der Waals surface area (Å²) in [4.78, 5) is 4.55. The summed E-state index contributed by atoms with van der Waals surface area (Å²) in [5.41, 5.74) is 0.939. The molecule has 0 saturated carbocycles. The van der Waals surface area contributed by atoms with E-state index in [2.05, 4.69) is 15.5 Å². The lowest BCUT2D eigenvalue weighted by molar-refractivity contribution is 0.419. The Morgan fingerprint density at radius 2 is 1.90 bits per heavy atom. The van der Waals surface area contributed by atoms with Gasteiger partial charge >= 0.3 is 6.01 Å². The van der Waals surface area contributed by atoms with Crippen molar-refractivity contribution in [1.29, 1.82) is 0 Å². The lowest BCUT2D eigenvalue weighted by atomic mass is 10.2. The molecule has 1 aromatic carbocycles. The molecule has 114 valence electrons. The predicted molar refractivity (Wildman–Crippen MR) is 79.9 cm³/mol. The fourth-order valence-corrected chi connectivity index (χ4v) is 2.58. The Morgan fingerprint density at radius 1 is 1.24 bits per heavy atom. The summed E-state index contributed by atoms with van der Waals surface area (Å²) in [6, 6.07) is 7.14. The second-order valence-corrected chi connectivity index (χ2v) is 7.29. The van der Waals surface area contributed by atoms with E-state index in [0.717, 1.165) is 5.56 Å². The van der Waals surface area contributed by atoms with Crippen molar-refractivity contribution in [2.75, 3.05) is 11.1 Å². The average Bonchev–Trinajstić information content (AvgIpc) is 2.95. The predicted octanol–water partition coefficient (Wildman–Crippen LogP) is 2.60. The molecule has 0 spiro atoms. The minimum Gasteiger partial charge on any atom is -0.334 e. The molecule has 7 heteroatoms. The zero-order valence-electron chi connectivity index (χ0n) is 12.3. The quantitative estimate of drug-likeness (QED) is 0.883. The Hall–Kier alpha value is -1.89. The molecule has 0 radical (unpaired) electrons. The van der Waals surface area contributed by atoms with E-state index < -0.39 is 9.84 Å². The number of hydrogen-bond donors (Lipinski definition) is 1. The molecule has 0 amide bonds. The summed E-state index contributed by atoms with van der Waals surface area (Å²) in [5, 5.41) is 6.88. The lowest BCUT2D eigenvalue weighted by Gasteiger charge is -2.04. The molecular weight excluding hydrogens is 290 g/mol. The van der Waals surface area contributed by atoms with Crippen LogP contribution in [0, 0.1) is 0 Å². The number of sulfone groups is 1. The fourth-order valence-electron chi connectivity index (χ4n) is 1.70. The molecule has 21 heavy (non-hydrogen) atoms. The zero-order valence-corrected chi connectivity index (χ0v) is 13.1. The summed E-state index contributed by atoms with van der Waals surface area (Å²) >= 11 is 0. The third kappa shape index (κ3) is 3.81. The first kappa shape index (κ1) is 15.5. The van der Waals surface area contributed by atoms with Crippen LogP contribution in [-0.4, -0.2) is 24.3 Å². The van der Waals surface area contributed by atoms with Gasteiger partial charge in [0.25, 0.3) is 0 Å². The normalized spacial score (nSPS) is 11.8. The van der Waals surface area contributed by atoms with Crippen molar-refractivity contribution in [3.05, 3.63) is 35.7 Å². The molecule has 0 atom stereocenters. The van der Waals surface area contributed by atoms with Crippen molar-refractivity contribution < 1.29 is 12.9 Å². The Balaban J connectivity index is 2.00. The van der Waals surface area contributed by atoms with Gasteiger partial charge in [0.15, 0.2) is 15.7 Å². The summed E-state index contributed by atoms with van der Waals surface area (Å²) < 4.78 is 28.5. The van der Waals surface area contributed by atoms with Crippen LogP contribution in [0.3, 0.4) is 0 Å². The zero-order chi connectivity index (χ0) is 15.5. The largest absolute Gasteiger partial charge is 0.334 e. The van der Waals surface area contributed by atoms with E-state index in [1.54, 1.807) is 31.2 Å². The van der Waals surface area contributed by atoms with E-state index in [1.807, 2.05) is 13.8 Å². The lowest BCUT2D eigenvalue weighted by Crippen LogP contribution is -2.04. The molecule has 1 aromatic heterocycles. The molecule has 2 rings (SSSR count). The molecule has 0 aliphatic rings. The molecule has 0 fully saturated rings. The molecule has 0 unspecified atom stereocenters. The molecule has 0 aliphatic heterocycles. The molecule has 0 saturated heterocycles. The Bertz CT molecular complexity index is 691. The van der Waals surface area contributed by atoms with Crippen molar-refractivity contribution in [3.8, 4) is 0 Å². The van der Waals surface area contributed by atoms with E-state index in [0.29, 0.717) is 23.3 Å². The van der Waals surface area contributed by atoms with E-state index in [4.69, 9.17) is 4.52 Å². The van der Waals surface area contributed by atoms with Gasteiger partial charge in [0.1, 0.15) is 0 Å². The first-order valence-electron chi connectivity index (χ1n) is 6.81. The maximum atomic E-state index is 11.7. The van der Waals surface area contributed by atoms with Gasteiger partial charge in [-0.3, -0.25) is 0 Å². The fraction of sp³-hybridized carbons (Fsp3) is 0.429. The van der Waals surface area contributed by atoms with E-state index >= 15 is 0 Å². The molecular formula is C14H19N3O3S. The highest BCUT2D eigenvalue weighted by Gasteiger charge is 2.11. The standard InChI is InChI=1S/C14H19N3O3S/c1-4-21(18,19)12-7-5-11(6-8-12)9-15-14-16-13(10(2)3)17-20-14/h5-8,10H,4,9H2,1-3H3,(H,15,16,17). The maximum absolute atomic E-state index is 11.7. The second-order valence-electron chi connectivity index (χ2n) is 5.01. The summed E-state index contributed by atoms with van der Waals surface area (Å²) in [7, 11) is -3.15. The Labute approximate surface area is 124 Å². The smallest absolute Gasteiger partial charge is 0.321 e. The van der Waals surface area contributed by atoms with E-state index in [9.17, 15) is 8.42 Å². The van der Waals surface area contributed by atoms with Gasteiger partial charge < -0.3 is 9.84 Å². The highest BCUT2D eigenvalue weighted by atomic mass is 32.2. The van der Waals surface area contributed by atoms with Crippen LogP contribution in [0.2, 0.25) is 0 Å². The monoisotopic (exact) mass is 309 g/mol. The highest BCUT2D eigenvalue weighted by Crippen LogP contribution is 2.15. The number of nitrogens with zero attached hydrogens (tertiary/aromatic N) is 2. The van der Waals surface area contributed by atoms with Crippen molar-refractivity contribution in [3.63, 3.8) is 0 Å². The van der Waals surface area contributed by atoms with Crippen LogP contribution in [0.1, 0.15) is 38.1 Å². The second kappa shape index (κ2) is 6.26. The van der Waals surface area contributed by atoms with Crippen LogP contribution < -0.4 is 5.32 Å². The molecule has 1 heterocycles. The van der Waals surface area contributed by atoms with Gasteiger partial charge in [-0.05, 0) is 17.7 Å². The van der Waals surface area contributed by atoms with Crippen LogP contribution in [0.4, 0.5) is 6.01 Å². The Kier molecular flexibility index (Phi) is 4.62. The minimum absolute atomic E-state index is 0.102. The van der Waals surface area contributed by atoms with Crippen LogP contribution in [0.25, 0.3) is 0 Å². The number of rotatable bonds is 6. The molecule has 2 aromatic rings. The third-order valence-electron chi connectivity index (χ3n) is 3.06. The third-order valence-corrected chi connectivity index (χ3v) is 4.81. The first-order chi connectivity index (χ1) is 9.92. The van der Waals surface area contributed by atoms with Crippen molar-refractivity contribution in [2.45, 2.75) is 38.1 Å². The van der Waals surface area contributed by atoms with E-state index in [1.165, 1.54) is 0 Å². The first-order valence-corrected chi connectivity index (χ1v) is 8.46. The molecule has 1 N–H and O–H groups in total. The number of aromatic nitrogens is 2. The molecule has 0 bridgehead atoms. The number of hydrogen-bond acceptors (Lipinski definition) is 6. The van der Waals surface area contributed by atoms with Gasteiger partial charge in [0, 0.05) is 12.5 Å². The summed E-state index contributed by atoms with van der Waals surface area (Å²) in [6.07, 6.45) is 0. The minimum atomic E-state index is -3.15. The SMILES string of the molecule is CCS(=O)(=O)c1ccc(CNc2nc(C(C)C)no2)cc1. The van der Waals surface area contributed by atoms with Gasteiger partial charge in [0.2, 0.25) is 0 Å². The number of nitrogens with one attached hydrogen (secondary N) is 1. The van der Waals surface area contributed by atoms with Crippen LogP contribution in [0.15, 0.2) is 33.7 Å². The van der Waals surface area contributed by atoms with E-state index in [-0.39, 0.29) is 11.7 Å². The van der Waals surface area contributed by atoms with Crippen LogP contribution >= 0.6 is 0 Å². The van der Waals surface area contributed by atoms with Gasteiger partial charge in [0.05, 0.1) is 10.6 Å². The summed E-state index contributed by atoms with van der Waals surface area (Å²) in [5.74, 6) is 0.967. The van der Waals surface area contributed by atoms with Gasteiger partial charge in [-0.25, -0.2) is 8.42 Å². The number of anilines is 1. The van der Waals surface area contributed by atoms with Crippen molar-refractivity contribution >= 4 is 15.9 Å². The van der Waals surface area contributed by atoms with Gasteiger partial charge in [-0.2, -0.15) is 4.98 Å². The summed E-state index contributed by atoms with van der Waals surface area (Å²) in [6.45, 7) is 6.10. The van der Waals surface area contributed by atoms with Crippen LogP contribution in [0.5, 0.6) is 0 Å². The number of benzene rings is 1. The Morgan fingerprint density at radius 3 is 2.43 bits per heavy atom. The van der Waals surface area contributed by atoms with Crippen molar-refractivity contribution in [1.82, 2.24) is 10.1 Å². The topological polar surface area (TPSA) is 85.1 Å². The van der Waals surface area contributed by atoms with Crippen LogP contribution in [-0.2, 0) is 16.4 Å². The van der Waals surface area contributed by atoms with Gasteiger partial charge in [-0.15, -0.1) is 0 Å². The molecule has 6 nitrogen and oxygen atoms in total. The average molecular weight is 309 g/mol. The highest BCUT2D eigenvalue weighted by molar-refractivity contribution is 7.91. The molecule has 0 aliphatic carbocycles. The van der Waals surface area contributed by atoms with Crippen molar-refractivity contribution in [2.24, 2.45) is 0 Å². The maximum Gasteiger partial charge on any atom is 0.321 e. The van der Waals surface area contributed by atoms with Gasteiger partial charge in [-0.1, -0.05) is 38.1 Å².